The zero-order valence-electron chi connectivity index (χ0n) is 23.9. The molecule has 0 amide bonds. The highest BCUT2D eigenvalue weighted by molar-refractivity contribution is 5.96. The number of anilines is 2. The predicted octanol–water partition coefficient (Wildman–Crippen LogP) is 10.3. The zero-order chi connectivity index (χ0) is 28.7. The van der Waals surface area contributed by atoms with Crippen LogP contribution in [0.3, 0.4) is 0 Å². The molecule has 0 saturated carbocycles. The van der Waals surface area contributed by atoms with Crippen LogP contribution < -0.4 is 9.64 Å². The van der Waals surface area contributed by atoms with Gasteiger partial charge in [0.05, 0.1) is 5.69 Å². The van der Waals surface area contributed by atoms with Crippen molar-refractivity contribution in [3.05, 3.63) is 145 Å². The average molecular weight is 545 g/mol. The second-order valence-electron chi connectivity index (χ2n) is 11.3. The van der Waals surface area contributed by atoms with Gasteiger partial charge in [-0.05, 0) is 64.2 Å². The Hall–Kier alpha value is -5.15. The Labute approximate surface area is 247 Å². The maximum absolute atomic E-state index is 6.62. The lowest BCUT2D eigenvalue weighted by Crippen LogP contribution is -2.24. The van der Waals surface area contributed by atoms with E-state index in [0.29, 0.717) is 12.5 Å². The van der Waals surface area contributed by atoms with Gasteiger partial charge in [0.15, 0.2) is 6.73 Å². The Morgan fingerprint density at radius 2 is 1.36 bits per heavy atom. The van der Waals surface area contributed by atoms with Crippen LogP contribution in [0.2, 0.25) is 0 Å². The predicted molar refractivity (Wildman–Crippen MR) is 177 cm³/mol. The minimum atomic E-state index is -0.105. The van der Waals surface area contributed by atoms with E-state index in [9.17, 15) is 0 Å². The van der Waals surface area contributed by atoms with Gasteiger partial charge in [-0.1, -0.05) is 123 Å². The summed E-state index contributed by atoms with van der Waals surface area (Å²) in [5.74, 6) is 0.708. The minimum absolute atomic E-state index is 0.105. The smallest absolute Gasteiger partial charge is 0.165 e. The van der Waals surface area contributed by atoms with Crippen LogP contribution in [-0.4, -0.2) is 13.4 Å². The Balaban J connectivity index is 1.35. The number of benzene rings is 6. The van der Waals surface area contributed by atoms with E-state index in [1.165, 1.54) is 22.3 Å². The standard InChI is InChI=1S/C39H32N2O/c1-39(2)34-19-11-9-18-32(34)33-23-22-29(25-35(33)39)41(36-20-12-10-16-30(36)27-13-5-4-6-14-27)26-42-37-24-21-28-15-7-8-17-31(28)38(37)40-3/h4-25H,3,26H2,1-2H3. The molecule has 0 atom stereocenters. The summed E-state index contributed by atoms with van der Waals surface area (Å²) in [5, 5.41) is 2.14. The van der Waals surface area contributed by atoms with E-state index in [-0.39, 0.29) is 5.41 Å². The van der Waals surface area contributed by atoms with Crippen molar-refractivity contribution in [1.82, 2.24) is 0 Å². The molecule has 1 aliphatic rings. The van der Waals surface area contributed by atoms with Crippen molar-refractivity contribution in [3.63, 3.8) is 0 Å². The molecule has 0 radical (unpaired) electrons. The molecule has 204 valence electrons. The second-order valence-corrected chi connectivity index (χ2v) is 11.3. The summed E-state index contributed by atoms with van der Waals surface area (Å²) in [4.78, 5) is 6.65. The fraction of sp³-hybridized carbons (Fsp3) is 0.103. The first-order valence-corrected chi connectivity index (χ1v) is 14.3. The van der Waals surface area contributed by atoms with Gasteiger partial charge in [0, 0.05) is 22.1 Å². The van der Waals surface area contributed by atoms with Gasteiger partial charge in [-0.2, -0.15) is 0 Å². The fourth-order valence-electron chi connectivity index (χ4n) is 6.36. The molecule has 0 aliphatic heterocycles. The number of hydrogen-bond donors (Lipinski definition) is 0. The van der Waals surface area contributed by atoms with Crippen LogP contribution in [0.15, 0.2) is 138 Å². The molecule has 3 nitrogen and oxygen atoms in total. The Morgan fingerprint density at radius 3 is 2.19 bits per heavy atom. The summed E-state index contributed by atoms with van der Waals surface area (Å²) in [7, 11) is 0. The third-order valence-electron chi connectivity index (χ3n) is 8.53. The largest absolute Gasteiger partial charge is 0.470 e. The quantitative estimate of drug-likeness (QED) is 0.147. The van der Waals surface area contributed by atoms with Gasteiger partial charge in [0.25, 0.3) is 0 Å². The van der Waals surface area contributed by atoms with E-state index in [1.807, 2.05) is 18.2 Å². The van der Waals surface area contributed by atoms with Crippen LogP contribution in [0, 0.1) is 0 Å². The molecule has 6 aromatic carbocycles. The first kappa shape index (κ1) is 25.8. The van der Waals surface area contributed by atoms with Crippen LogP contribution in [0.5, 0.6) is 5.75 Å². The third-order valence-corrected chi connectivity index (χ3v) is 8.53. The Morgan fingerprint density at radius 1 is 0.667 bits per heavy atom. The molecule has 0 fully saturated rings. The lowest BCUT2D eigenvalue weighted by molar-refractivity contribution is 0.328. The molecule has 7 rings (SSSR count). The number of rotatable bonds is 7. The Bertz CT molecular complexity index is 1940. The van der Waals surface area contributed by atoms with Crippen molar-refractivity contribution in [2.24, 2.45) is 4.99 Å². The summed E-state index contributed by atoms with van der Waals surface area (Å²) >= 11 is 0. The van der Waals surface area contributed by atoms with Crippen LogP contribution in [0.25, 0.3) is 33.0 Å². The number of ether oxygens (including phenoxy) is 1. The van der Waals surface area contributed by atoms with E-state index in [4.69, 9.17) is 4.74 Å². The molecule has 0 aromatic heterocycles. The normalized spacial score (nSPS) is 12.9. The van der Waals surface area contributed by atoms with Crippen LogP contribution in [0.1, 0.15) is 25.0 Å². The van der Waals surface area contributed by atoms with Gasteiger partial charge in [-0.15, -0.1) is 0 Å². The van der Waals surface area contributed by atoms with Gasteiger partial charge < -0.3 is 9.64 Å². The number of para-hydroxylation sites is 1. The first-order chi connectivity index (χ1) is 20.6. The van der Waals surface area contributed by atoms with Gasteiger partial charge in [-0.25, -0.2) is 0 Å². The molecule has 0 heterocycles. The maximum atomic E-state index is 6.62. The minimum Gasteiger partial charge on any atom is -0.470 e. The van der Waals surface area contributed by atoms with Crippen molar-refractivity contribution in [3.8, 4) is 28.0 Å². The van der Waals surface area contributed by atoms with Crippen molar-refractivity contribution < 1.29 is 4.74 Å². The van der Waals surface area contributed by atoms with Gasteiger partial charge in [-0.3, -0.25) is 4.99 Å². The molecular formula is C39H32N2O. The highest BCUT2D eigenvalue weighted by atomic mass is 16.5. The molecule has 0 N–H and O–H groups in total. The Kier molecular flexibility index (Phi) is 6.36. The summed E-state index contributed by atoms with van der Waals surface area (Å²) in [5.41, 5.74) is 10.4. The highest BCUT2D eigenvalue weighted by Gasteiger charge is 2.35. The summed E-state index contributed by atoms with van der Waals surface area (Å²) in [6.45, 7) is 8.81. The van der Waals surface area contributed by atoms with Crippen LogP contribution in [0.4, 0.5) is 17.1 Å². The first-order valence-electron chi connectivity index (χ1n) is 14.3. The maximum Gasteiger partial charge on any atom is 0.165 e. The lowest BCUT2D eigenvalue weighted by atomic mass is 9.82. The van der Waals surface area contributed by atoms with Gasteiger partial charge >= 0.3 is 0 Å². The monoisotopic (exact) mass is 544 g/mol. The van der Waals surface area contributed by atoms with E-state index >= 15 is 0 Å². The molecule has 6 aromatic rings. The summed E-state index contributed by atoms with van der Waals surface area (Å²) in [6.07, 6.45) is 0. The molecule has 0 unspecified atom stereocenters. The van der Waals surface area contributed by atoms with Crippen LogP contribution in [-0.2, 0) is 5.41 Å². The van der Waals surface area contributed by atoms with E-state index < -0.39 is 0 Å². The van der Waals surface area contributed by atoms with E-state index in [2.05, 4.69) is 146 Å². The molecule has 0 spiro atoms. The zero-order valence-corrected chi connectivity index (χ0v) is 23.9. The van der Waals surface area contributed by atoms with Crippen molar-refractivity contribution >= 4 is 34.6 Å². The summed E-state index contributed by atoms with van der Waals surface area (Å²) < 4.78 is 6.62. The molecule has 0 bridgehead atoms. The second kappa shape index (κ2) is 10.4. The van der Waals surface area contributed by atoms with Crippen molar-refractivity contribution in [1.29, 1.82) is 0 Å². The number of aliphatic imine (C=N–C) groups is 1. The molecule has 0 saturated heterocycles. The summed E-state index contributed by atoms with van der Waals surface area (Å²) in [6, 6.07) is 46.9. The molecule has 3 heteroatoms. The highest BCUT2D eigenvalue weighted by Crippen LogP contribution is 2.50. The molecule has 42 heavy (non-hydrogen) atoms. The van der Waals surface area contributed by atoms with Gasteiger partial charge in [0.1, 0.15) is 11.4 Å². The number of hydrogen-bond acceptors (Lipinski definition) is 3. The number of nitrogens with zero attached hydrogens (tertiary/aromatic N) is 2. The van der Waals surface area contributed by atoms with Gasteiger partial charge in [0.2, 0.25) is 0 Å². The number of fused-ring (bicyclic) bond motifs is 4. The lowest BCUT2D eigenvalue weighted by Gasteiger charge is -2.29. The third kappa shape index (κ3) is 4.26. The molecule has 1 aliphatic carbocycles. The van der Waals surface area contributed by atoms with E-state index in [0.717, 1.165) is 39.0 Å². The molecular weight excluding hydrogens is 512 g/mol. The van der Waals surface area contributed by atoms with Crippen LogP contribution >= 0.6 is 0 Å². The topological polar surface area (TPSA) is 24.8 Å². The average Bonchev–Trinajstić information content (AvgIpc) is 3.27. The van der Waals surface area contributed by atoms with E-state index in [1.54, 1.807) is 0 Å². The fourth-order valence-corrected chi connectivity index (χ4v) is 6.36. The van der Waals surface area contributed by atoms with Crippen molar-refractivity contribution in [2.75, 3.05) is 11.6 Å². The SMILES string of the molecule is C=Nc1c(OCN(c2ccc3c(c2)C(C)(C)c2ccccc2-3)c2ccccc2-c2ccccc2)ccc2ccccc12. The van der Waals surface area contributed by atoms with Crippen molar-refractivity contribution in [2.45, 2.75) is 19.3 Å².